The van der Waals surface area contributed by atoms with Crippen LogP contribution in [0.4, 0.5) is 0 Å². The lowest BCUT2D eigenvalue weighted by Crippen LogP contribution is -2.00. The molecule has 0 amide bonds. The summed E-state index contributed by atoms with van der Waals surface area (Å²) in [4.78, 5) is 0. The van der Waals surface area contributed by atoms with E-state index in [1.54, 1.807) is 0 Å². The average Bonchev–Trinajstić information content (AvgIpc) is 2.38. The molecule has 0 radical (unpaired) electrons. The zero-order valence-electron chi connectivity index (χ0n) is 10.0. The van der Waals surface area contributed by atoms with Crippen LogP contribution in [0.3, 0.4) is 0 Å². The molecule has 1 unspecified atom stereocenters. The summed E-state index contributed by atoms with van der Waals surface area (Å²) in [5.74, 6) is 0. The second-order valence-corrected chi connectivity index (χ2v) is 5.93. The summed E-state index contributed by atoms with van der Waals surface area (Å²) in [7, 11) is 0. The van der Waals surface area contributed by atoms with Gasteiger partial charge in [-0.05, 0) is 35.2 Å². The van der Waals surface area contributed by atoms with Crippen LogP contribution in [0.1, 0.15) is 29.7 Å². The Labute approximate surface area is 124 Å². The molecule has 0 aliphatic carbocycles. The average molecular weight is 370 g/mol. The van der Waals surface area contributed by atoms with Crippen molar-refractivity contribution in [1.29, 1.82) is 0 Å². The Morgan fingerprint density at radius 1 is 1.06 bits per heavy atom. The lowest BCUT2D eigenvalue weighted by Gasteiger charge is -2.14. The summed E-state index contributed by atoms with van der Waals surface area (Å²) in [6, 6.07) is 13.9. The van der Waals surface area contributed by atoms with Gasteiger partial charge in [0.2, 0.25) is 0 Å². The van der Waals surface area contributed by atoms with Crippen molar-refractivity contribution >= 4 is 31.9 Å². The summed E-state index contributed by atoms with van der Waals surface area (Å²) in [6.07, 6.45) is 0.414. The van der Waals surface area contributed by atoms with Gasteiger partial charge in [-0.1, -0.05) is 69.1 Å². The van der Waals surface area contributed by atoms with Crippen LogP contribution < -0.4 is 0 Å². The van der Waals surface area contributed by atoms with Gasteiger partial charge in [0, 0.05) is 8.95 Å². The smallest absolute Gasteiger partial charge is 0.105 e. The molecule has 18 heavy (non-hydrogen) atoms. The van der Waals surface area contributed by atoms with Crippen LogP contribution in [-0.4, -0.2) is 5.11 Å². The molecule has 2 rings (SSSR count). The number of benzene rings is 2. The third-order valence-corrected chi connectivity index (χ3v) is 4.14. The van der Waals surface area contributed by atoms with Gasteiger partial charge in [0.15, 0.2) is 0 Å². The van der Waals surface area contributed by atoms with Crippen LogP contribution in [0.15, 0.2) is 51.4 Å². The fourth-order valence-corrected chi connectivity index (χ4v) is 3.10. The maximum Gasteiger partial charge on any atom is 0.105 e. The third kappa shape index (κ3) is 3.02. The van der Waals surface area contributed by atoms with Crippen molar-refractivity contribution in [3.8, 4) is 0 Å². The summed E-state index contributed by atoms with van der Waals surface area (Å²) in [6.45, 7) is 2.12. The van der Waals surface area contributed by atoms with Gasteiger partial charge >= 0.3 is 0 Å². The van der Waals surface area contributed by atoms with Crippen LogP contribution in [-0.2, 0) is 6.42 Å². The summed E-state index contributed by atoms with van der Waals surface area (Å²) in [5, 5.41) is 10.4. The summed E-state index contributed by atoms with van der Waals surface area (Å²) >= 11 is 6.89. The van der Waals surface area contributed by atoms with Gasteiger partial charge in [0.05, 0.1) is 0 Å². The molecule has 0 fully saturated rings. The normalized spacial score (nSPS) is 12.4. The van der Waals surface area contributed by atoms with Crippen LogP contribution in [0, 0.1) is 0 Å². The molecular formula is C15H14Br2O. The van der Waals surface area contributed by atoms with E-state index in [0.717, 1.165) is 26.5 Å². The number of aliphatic hydroxyl groups is 1. The highest BCUT2D eigenvalue weighted by molar-refractivity contribution is 9.11. The van der Waals surface area contributed by atoms with E-state index >= 15 is 0 Å². The second kappa shape index (κ2) is 6.00. The molecule has 0 aliphatic heterocycles. The number of rotatable bonds is 3. The Morgan fingerprint density at radius 3 is 2.28 bits per heavy atom. The minimum Gasteiger partial charge on any atom is -0.384 e. The SMILES string of the molecule is CCc1ccc(C(O)c2ccc(Br)cc2Br)cc1. The van der Waals surface area contributed by atoms with E-state index < -0.39 is 6.10 Å². The predicted molar refractivity (Wildman–Crippen MR) is 81.7 cm³/mol. The monoisotopic (exact) mass is 368 g/mol. The Bertz CT molecular complexity index is 535. The lowest BCUT2D eigenvalue weighted by atomic mass is 10.00. The highest BCUT2D eigenvalue weighted by Gasteiger charge is 2.13. The molecule has 94 valence electrons. The van der Waals surface area contributed by atoms with Crippen molar-refractivity contribution in [1.82, 2.24) is 0 Å². The third-order valence-electron chi connectivity index (χ3n) is 2.96. The van der Waals surface area contributed by atoms with Crippen LogP contribution in [0.25, 0.3) is 0 Å². The van der Waals surface area contributed by atoms with Crippen molar-refractivity contribution in [3.05, 3.63) is 68.1 Å². The minimum absolute atomic E-state index is 0.599. The number of hydrogen-bond donors (Lipinski definition) is 1. The van der Waals surface area contributed by atoms with E-state index in [4.69, 9.17) is 0 Å². The van der Waals surface area contributed by atoms with E-state index in [9.17, 15) is 5.11 Å². The quantitative estimate of drug-likeness (QED) is 0.819. The first-order valence-corrected chi connectivity index (χ1v) is 7.42. The molecule has 1 atom stereocenters. The molecule has 1 N–H and O–H groups in total. The Kier molecular flexibility index (Phi) is 4.60. The topological polar surface area (TPSA) is 20.2 Å². The van der Waals surface area contributed by atoms with Gasteiger partial charge in [0.25, 0.3) is 0 Å². The molecule has 0 aromatic heterocycles. The van der Waals surface area contributed by atoms with Crippen LogP contribution in [0.5, 0.6) is 0 Å². The second-order valence-electron chi connectivity index (χ2n) is 4.16. The number of aryl methyl sites for hydroxylation is 1. The van der Waals surface area contributed by atoms with Gasteiger partial charge < -0.3 is 5.11 Å². The number of aliphatic hydroxyl groups excluding tert-OH is 1. The Hall–Kier alpha value is -0.640. The molecule has 0 bridgehead atoms. The zero-order valence-corrected chi connectivity index (χ0v) is 13.2. The van der Waals surface area contributed by atoms with Crippen LogP contribution >= 0.6 is 31.9 Å². The summed E-state index contributed by atoms with van der Waals surface area (Å²) in [5.41, 5.74) is 3.07. The van der Waals surface area contributed by atoms with Crippen molar-refractivity contribution < 1.29 is 5.11 Å². The summed E-state index contributed by atoms with van der Waals surface area (Å²) < 4.78 is 1.90. The highest BCUT2D eigenvalue weighted by atomic mass is 79.9. The molecule has 1 nitrogen and oxygen atoms in total. The Balaban J connectivity index is 2.31. The lowest BCUT2D eigenvalue weighted by molar-refractivity contribution is 0.219. The van der Waals surface area contributed by atoms with Crippen molar-refractivity contribution in [2.75, 3.05) is 0 Å². The van der Waals surface area contributed by atoms with E-state index in [2.05, 4.69) is 50.9 Å². The molecule has 0 saturated carbocycles. The van der Waals surface area contributed by atoms with E-state index in [0.29, 0.717) is 0 Å². The maximum atomic E-state index is 10.4. The fourth-order valence-electron chi connectivity index (χ4n) is 1.84. The largest absolute Gasteiger partial charge is 0.384 e. The van der Waals surface area contributed by atoms with E-state index in [1.165, 1.54) is 5.56 Å². The van der Waals surface area contributed by atoms with Crippen molar-refractivity contribution in [2.24, 2.45) is 0 Å². The van der Waals surface area contributed by atoms with Gasteiger partial charge in [0.1, 0.15) is 6.10 Å². The van der Waals surface area contributed by atoms with E-state index in [1.807, 2.05) is 30.3 Å². The first-order valence-electron chi connectivity index (χ1n) is 5.83. The number of halogens is 2. The number of hydrogen-bond acceptors (Lipinski definition) is 1. The maximum absolute atomic E-state index is 10.4. The van der Waals surface area contributed by atoms with Crippen molar-refractivity contribution in [2.45, 2.75) is 19.4 Å². The zero-order chi connectivity index (χ0) is 13.1. The van der Waals surface area contributed by atoms with Gasteiger partial charge in [-0.15, -0.1) is 0 Å². The Morgan fingerprint density at radius 2 is 1.72 bits per heavy atom. The molecular weight excluding hydrogens is 356 g/mol. The highest BCUT2D eigenvalue weighted by Crippen LogP contribution is 2.30. The van der Waals surface area contributed by atoms with Crippen LogP contribution in [0.2, 0.25) is 0 Å². The van der Waals surface area contributed by atoms with Crippen molar-refractivity contribution in [3.63, 3.8) is 0 Å². The first-order chi connectivity index (χ1) is 8.61. The molecule has 0 heterocycles. The van der Waals surface area contributed by atoms with Gasteiger partial charge in [-0.3, -0.25) is 0 Å². The molecule has 2 aromatic rings. The molecule has 2 aromatic carbocycles. The molecule has 0 saturated heterocycles. The van der Waals surface area contributed by atoms with Gasteiger partial charge in [-0.2, -0.15) is 0 Å². The molecule has 0 aliphatic rings. The minimum atomic E-state index is -0.599. The van der Waals surface area contributed by atoms with Gasteiger partial charge in [-0.25, -0.2) is 0 Å². The molecule has 3 heteroatoms. The first kappa shape index (κ1) is 13.8. The predicted octanol–water partition coefficient (Wildman–Crippen LogP) is 4.86. The molecule has 0 spiro atoms. The standard InChI is InChI=1S/C15H14Br2O/c1-2-10-3-5-11(6-4-10)15(18)13-8-7-12(16)9-14(13)17/h3-9,15,18H,2H2,1H3. The van der Waals surface area contributed by atoms with E-state index in [-0.39, 0.29) is 0 Å². The fraction of sp³-hybridized carbons (Fsp3) is 0.200.